The van der Waals surface area contributed by atoms with Crippen molar-refractivity contribution in [3.63, 3.8) is 0 Å². The molecule has 0 bridgehead atoms. The van der Waals surface area contributed by atoms with Gasteiger partial charge in [-0.25, -0.2) is 0 Å². The third kappa shape index (κ3) is 1.88. The normalized spacial score (nSPS) is 34.7. The first kappa shape index (κ1) is 8.38. The summed E-state index contributed by atoms with van der Waals surface area (Å²) in [5.74, 6) is 0. The molecular formula is C5H12O3SSi. The lowest BCUT2D eigenvalue weighted by Crippen LogP contribution is -2.39. The Balaban J connectivity index is 2.53. The minimum absolute atomic E-state index is 0.105. The van der Waals surface area contributed by atoms with Crippen molar-refractivity contribution in [1.29, 1.82) is 0 Å². The van der Waals surface area contributed by atoms with Crippen LogP contribution in [-0.4, -0.2) is 24.6 Å². The molecular weight excluding hydrogens is 168 g/mol. The van der Waals surface area contributed by atoms with Crippen LogP contribution in [0, 0.1) is 0 Å². The molecule has 0 N–H and O–H groups in total. The molecule has 0 aromatic rings. The van der Waals surface area contributed by atoms with E-state index in [2.05, 4.69) is 19.6 Å². The highest BCUT2D eigenvalue weighted by Crippen LogP contribution is 2.19. The second-order valence-corrected chi connectivity index (χ2v) is 9.65. The van der Waals surface area contributed by atoms with E-state index in [9.17, 15) is 4.21 Å². The Bertz CT molecular complexity index is 153. The molecule has 60 valence electrons. The Morgan fingerprint density at radius 1 is 1.50 bits per heavy atom. The maximum absolute atomic E-state index is 10.6. The van der Waals surface area contributed by atoms with Crippen molar-refractivity contribution in [2.45, 2.75) is 25.4 Å². The van der Waals surface area contributed by atoms with Gasteiger partial charge >= 0.3 is 11.4 Å². The molecule has 0 aliphatic carbocycles. The lowest BCUT2D eigenvalue weighted by molar-refractivity contribution is 0.313. The molecule has 1 heterocycles. The molecule has 0 aromatic carbocycles. The maximum atomic E-state index is 10.6. The molecule has 1 aliphatic heterocycles. The SMILES string of the molecule is C[Si](C)(C)[C@@H]1COS(=O)O1. The number of hydrogen-bond acceptors (Lipinski definition) is 3. The third-order valence-corrected chi connectivity index (χ3v) is 4.58. The number of hydrogen-bond donors (Lipinski definition) is 0. The highest BCUT2D eigenvalue weighted by molar-refractivity contribution is 7.75. The lowest BCUT2D eigenvalue weighted by Gasteiger charge is -2.19. The van der Waals surface area contributed by atoms with Gasteiger partial charge in [-0.1, -0.05) is 19.6 Å². The predicted molar refractivity (Wildman–Crippen MR) is 42.3 cm³/mol. The fraction of sp³-hybridized carbons (Fsp3) is 1.00. The first-order chi connectivity index (χ1) is 4.50. The molecule has 10 heavy (non-hydrogen) atoms. The molecule has 1 fully saturated rings. The van der Waals surface area contributed by atoms with E-state index in [0.717, 1.165) is 0 Å². The minimum atomic E-state index is -1.46. The lowest BCUT2D eigenvalue weighted by atomic mass is 10.8. The van der Waals surface area contributed by atoms with Crippen LogP contribution < -0.4 is 0 Å². The van der Waals surface area contributed by atoms with Crippen LogP contribution in [0.2, 0.25) is 19.6 Å². The molecule has 1 aliphatic rings. The summed E-state index contributed by atoms with van der Waals surface area (Å²) in [6.45, 7) is 7.01. The average Bonchev–Trinajstić information content (AvgIpc) is 2.11. The van der Waals surface area contributed by atoms with E-state index < -0.39 is 19.4 Å². The Morgan fingerprint density at radius 2 is 2.10 bits per heavy atom. The molecule has 1 unspecified atom stereocenters. The summed E-state index contributed by atoms with van der Waals surface area (Å²) in [6.07, 6.45) is 0. The highest BCUT2D eigenvalue weighted by atomic mass is 32.2. The van der Waals surface area contributed by atoms with Gasteiger partial charge in [-0.15, -0.1) is 0 Å². The van der Waals surface area contributed by atoms with Crippen LogP contribution in [0.4, 0.5) is 0 Å². The van der Waals surface area contributed by atoms with Gasteiger partial charge in [-0.3, -0.25) is 8.37 Å². The third-order valence-electron chi connectivity index (χ3n) is 1.48. The summed E-state index contributed by atoms with van der Waals surface area (Å²) >= 11 is -1.46. The predicted octanol–water partition coefficient (Wildman–Crippen LogP) is 0.858. The number of rotatable bonds is 1. The van der Waals surface area contributed by atoms with Crippen molar-refractivity contribution in [2.75, 3.05) is 6.61 Å². The van der Waals surface area contributed by atoms with Crippen molar-refractivity contribution in [1.82, 2.24) is 0 Å². The quantitative estimate of drug-likeness (QED) is 0.561. The first-order valence-electron chi connectivity index (χ1n) is 3.22. The van der Waals surface area contributed by atoms with Crippen LogP contribution in [0.1, 0.15) is 0 Å². The van der Waals surface area contributed by atoms with Gasteiger partial charge in [0.05, 0.1) is 20.4 Å². The van der Waals surface area contributed by atoms with Crippen molar-refractivity contribution in [3.8, 4) is 0 Å². The second kappa shape index (κ2) is 2.73. The molecule has 1 rings (SSSR count). The van der Waals surface area contributed by atoms with E-state index in [1.165, 1.54) is 0 Å². The smallest absolute Gasteiger partial charge is 0.266 e. The van der Waals surface area contributed by atoms with Gasteiger partial charge in [0.2, 0.25) is 0 Å². The van der Waals surface area contributed by atoms with E-state index in [1.807, 2.05) is 0 Å². The van der Waals surface area contributed by atoms with Crippen LogP contribution in [0.25, 0.3) is 0 Å². The average molecular weight is 180 g/mol. The molecule has 0 spiro atoms. The molecule has 5 heteroatoms. The van der Waals surface area contributed by atoms with Crippen molar-refractivity contribution in [3.05, 3.63) is 0 Å². The van der Waals surface area contributed by atoms with Gasteiger partial charge in [0, 0.05) is 0 Å². The summed E-state index contributed by atoms with van der Waals surface area (Å²) in [5, 5.41) is 0. The molecule has 0 aromatic heterocycles. The minimum Gasteiger partial charge on any atom is -0.266 e. The summed E-state index contributed by atoms with van der Waals surface area (Å²) in [7, 11) is -1.31. The van der Waals surface area contributed by atoms with E-state index >= 15 is 0 Å². The molecule has 0 radical (unpaired) electrons. The standard InChI is InChI=1S/C5H12O3SSi/c1-10(2,3)5-4-7-9(6)8-5/h5H,4H2,1-3H3/t5-,9?/m1/s1. The topological polar surface area (TPSA) is 35.5 Å². The zero-order chi connectivity index (χ0) is 7.78. The Hall–Kier alpha value is 0.287. The van der Waals surface area contributed by atoms with Crippen LogP contribution in [0.15, 0.2) is 0 Å². The largest absolute Gasteiger partial charge is 0.304 e. The van der Waals surface area contributed by atoms with E-state index in [1.54, 1.807) is 0 Å². The van der Waals surface area contributed by atoms with Gasteiger partial charge in [-0.2, -0.15) is 4.21 Å². The van der Waals surface area contributed by atoms with Crippen LogP contribution >= 0.6 is 0 Å². The summed E-state index contributed by atoms with van der Waals surface area (Å²) in [5.41, 5.74) is 0.105. The fourth-order valence-electron chi connectivity index (χ4n) is 0.662. The Labute approximate surface area is 64.6 Å². The van der Waals surface area contributed by atoms with Gasteiger partial charge in [0.1, 0.15) is 0 Å². The van der Waals surface area contributed by atoms with Gasteiger partial charge < -0.3 is 0 Å². The van der Waals surface area contributed by atoms with Crippen LogP contribution in [0.5, 0.6) is 0 Å². The van der Waals surface area contributed by atoms with Gasteiger partial charge in [0.25, 0.3) is 0 Å². The van der Waals surface area contributed by atoms with E-state index in [4.69, 9.17) is 8.37 Å². The maximum Gasteiger partial charge on any atom is 0.304 e. The summed E-state index contributed by atoms with van der Waals surface area (Å²) in [6, 6.07) is 0. The van der Waals surface area contributed by atoms with Crippen LogP contribution in [0.3, 0.4) is 0 Å². The van der Waals surface area contributed by atoms with Gasteiger partial charge in [-0.05, 0) is 0 Å². The Morgan fingerprint density at radius 3 is 2.30 bits per heavy atom. The first-order valence-corrected chi connectivity index (χ1v) is 7.80. The second-order valence-electron chi connectivity index (χ2n) is 3.44. The van der Waals surface area contributed by atoms with E-state index in [-0.39, 0.29) is 5.73 Å². The van der Waals surface area contributed by atoms with Crippen LogP contribution in [-0.2, 0) is 19.7 Å². The highest BCUT2D eigenvalue weighted by Gasteiger charge is 2.35. The van der Waals surface area contributed by atoms with Crippen molar-refractivity contribution < 1.29 is 12.6 Å². The summed E-state index contributed by atoms with van der Waals surface area (Å²) in [4.78, 5) is 0. The zero-order valence-electron chi connectivity index (χ0n) is 6.42. The van der Waals surface area contributed by atoms with Gasteiger partial charge in [0.15, 0.2) is 0 Å². The summed E-state index contributed by atoms with van der Waals surface area (Å²) < 4.78 is 20.4. The van der Waals surface area contributed by atoms with Crippen molar-refractivity contribution in [2.24, 2.45) is 0 Å². The monoisotopic (exact) mass is 180 g/mol. The molecule has 0 amide bonds. The Kier molecular flexibility index (Phi) is 2.29. The zero-order valence-corrected chi connectivity index (χ0v) is 8.23. The molecule has 2 atom stereocenters. The van der Waals surface area contributed by atoms with Crippen molar-refractivity contribution >= 4 is 19.4 Å². The van der Waals surface area contributed by atoms with E-state index in [0.29, 0.717) is 6.61 Å². The molecule has 1 saturated heterocycles. The molecule has 3 nitrogen and oxygen atoms in total. The molecule has 0 saturated carbocycles. The fourth-order valence-corrected chi connectivity index (χ4v) is 3.29.